The molecule has 0 saturated carbocycles. The van der Waals surface area contributed by atoms with E-state index in [0.717, 1.165) is 28.1 Å². The molecule has 7 heteroatoms. The Bertz CT molecular complexity index is 699. The van der Waals surface area contributed by atoms with Crippen LogP contribution < -0.4 is 5.32 Å². The molecule has 120 valence electrons. The third kappa shape index (κ3) is 2.89. The molecule has 0 spiro atoms. The highest BCUT2D eigenvalue weighted by atomic mass is 32.2. The lowest BCUT2D eigenvalue weighted by Crippen LogP contribution is -2.42. The van der Waals surface area contributed by atoms with E-state index >= 15 is 0 Å². The minimum absolute atomic E-state index is 0.110. The van der Waals surface area contributed by atoms with Gasteiger partial charge in [-0.2, -0.15) is 16.9 Å². The Morgan fingerprint density at radius 1 is 1.59 bits per heavy atom. The first kappa shape index (κ1) is 15.8. The first-order valence-corrected chi connectivity index (χ1v) is 9.41. The van der Waals surface area contributed by atoms with Crippen LogP contribution in [-0.4, -0.2) is 44.4 Å². The third-order valence-electron chi connectivity index (χ3n) is 3.97. The van der Waals surface area contributed by atoms with Crippen LogP contribution in [0.1, 0.15) is 41.6 Å². The lowest BCUT2D eigenvalue weighted by Gasteiger charge is -2.21. The molecule has 0 radical (unpaired) electrons. The summed E-state index contributed by atoms with van der Waals surface area (Å²) in [6, 6.07) is 1.92. The van der Waals surface area contributed by atoms with E-state index in [1.807, 2.05) is 17.8 Å². The number of thiophene rings is 1. The Hall–Kier alpha value is -1.05. The number of aromatic nitrogens is 2. The van der Waals surface area contributed by atoms with E-state index in [1.54, 1.807) is 11.8 Å². The summed E-state index contributed by atoms with van der Waals surface area (Å²) in [5.41, 5.74) is 0.278. The molecule has 1 aliphatic heterocycles. The zero-order chi connectivity index (χ0) is 15.9. The van der Waals surface area contributed by atoms with Gasteiger partial charge in [-0.3, -0.25) is 9.48 Å². The number of hydrogen-bond donors (Lipinski definition) is 2. The van der Waals surface area contributed by atoms with Gasteiger partial charge in [0, 0.05) is 24.7 Å². The van der Waals surface area contributed by atoms with Crippen molar-refractivity contribution in [3.05, 3.63) is 16.6 Å². The molecule has 2 aromatic heterocycles. The Labute approximate surface area is 138 Å². The van der Waals surface area contributed by atoms with Crippen molar-refractivity contribution < 1.29 is 9.90 Å². The van der Waals surface area contributed by atoms with Gasteiger partial charge in [0.15, 0.2) is 0 Å². The first-order valence-electron chi connectivity index (χ1n) is 7.44. The standard InChI is InChI=1S/C15H21N3O2S2/c1-9(2)12-10-6-11(22-14(10)18(3)17-12)13(19)16-7-15(20)4-5-21-8-15/h6,9,20H,4-5,7-8H2,1-3H3,(H,16,19). The van der Waals surface area contributed by atoms with Crippen LogP contribution in [0.15, 0.2) is 6.07 Å². The van der Waals surface area contributed by atoms with Crippen molar-refractivity contribution in [3.63, 3.8) is 0 Å². The van der Waals surface area contributed by atoms with Gasteiger partial charge in [0.2, 0.25) is 0 Å². The number of hydrogen-bond acceptors (Lipinski definition) is 5. The number of carbonyl (C=O) groups excluding carboxylic acids is 1. The van der Waals surface area contributed by atoms with Crippen molar-refractivity contribution in [2.45, 2.75) is 31.8 Å². The smallest absolute Gasteiger partial charge is 0.261 e. The third-order valence-corrected chi connectivity index (χ3v) is 6.41. The summed E-state index contributed by atoms with van der Waals surface area (Å²) in [7, 11) is 1.91. The van der Waals surface area contributed by atoms with Crippen LogP contribution in [0, 0.1) is 0 Å². The summed E-state index contributed by atoms with van der Waals surface area (Å²) in [6.07, 6.45) is 0.742. The van der Waals surface area contributed by atoms with Crippen molar-refractivity contribution in [1.82, 2.24) is 15.1 Å². The average Bonchev–Trinajstić information content (AvgIpc) is 3.14. The van der Waals surface area contributed by atoms with E-state index in [2.05, 4.69) is 24.3 Å². The fourth-order valence-corrected chi connectivity index (χ4v) is 4.96. The number of rotatable bonds is 4. The van der Waals surface area contributed by atoms with Crippen LogP contribution >= 0.6 is 23.1 Å². The summed E-state index contributed by atoms with van der Waals surface area (Å²) in [6.45, 7) is 4.53. The van der Waals surface area contributed by atoms with E-state index < -0.39 is 5.60 Å². The molecule has 3 rings (SSSR count). The van der Waals surface area contributed by atoms with Crippen LogP contribution in [-0.2, 0) is 7.05 Å². The van der Waals surface area contributed by atoms with Gasteiger partial charge in [-0.15, -0.1) is 11.3 Å². The summed E-state index contributed by atoms with van der Waals surface area (Å²) in [4.78, 5) is 14.1. The molecule has 1 aliphatic rings. The number of fused-ring (bicyclic) bond motifs is 1. The number of aryl methyl sites for hydroxylation is 1. The van der Waals surface area contributed by atoms with Crippen LogP contribution in [0.2, 0.25) is 0 Å². The van der Waals surface area contributed by atoms with Gasteiger partial charge in [0.05, 0.1) is 16.2 Å². The van der Waals surface area contributed by atoms with Crippen molar-refractivity contribution in [2.75, 3.05) is 18.1 Å². The number of amides is 1. The van der Waals surface area contributed by atoms with Crippen LogP contribution in [0.25, 0.3) is 10.2 Å². The number of carbonyl (C=O) groups is 1. The predicted molar refractivity (Wildman–Crippen MR) is 91.9 cm³/mol. The van der Waals surface area contributed by atoms with E-state index in [1.165, 1.54) is 11.3 Å². The first-order chi connectivity index (χ1) is 10.4. The molecule has 3 heterocycles. The highest BCUT2D eigenvalue weighted by Crippen LogP contribution is 2.32. The van der Waals surface area contributed by atoms with E-state index in [-0.39, 0.29) is 5.91 Å². The van der Waals surface area contributed by atoms with E-state index in [9.17, 15) is 9.90 Å². The molecule has 2 aromatic rings. The van der Waals surface area contributed by atoms with Crippen LogP contribution in [0.4, 0.5) is 0 Å². The predicted octanol–water partition coefficient (Wildman–Crippen LogP) is 2.36. The highest BCUT2D eigenvalue weighted by molar-refractivity contribution is 7.99. The lowest BCUT2D eigenvalue weighted by molar-refractivity contribution is 0.0614. The number of thioether (sulfide) groups is 1. The molecule has 1 saturated heterocycles. The second-order valence-electron chi connectivity index (χ2n) is 6.20. The molecule has 5 nitrogen and oxygen atoms in total. The summed E-state index contributed by atoms with van der Waals surface area (Å²) in [5.74, 6) is 1.87. The normalized spacial score (nSPS) is 21.9. The molecule has 1 amide bonds. The molecule has 0 bridgehead atoms. The molecule has 22 heavy (non-hydrogen) atoms. The molecule has 2 N–H and O–H groups in total. The molecule has 0 aliphatic carbocycles. The second-order valence-corrected chi connectivity index (χ2v) is 8.34. The van der Waals surface area contributed by atoms with Gasteiger partial charge < -0.3 is 10.4 Å². The van der Waals surface area contributed by atoms with Gasteiger partial charge in [-0.1, -0.05) is 13.8 Å². The maximum atomic E-state index is 12.4. The van der Waals surface area contributed by atoms with Gasteiger partial charge in [-0.05, 0) is 24.2 Å². The zero-order valence-corrected chi connectivity index (χ0v) is 14.7. The van der Waals surface area contributed by atoms with Gasteiger partial charge >= 0.3 is 0 Å². The number of nitrogens with zero attached hydrogens (tertiary/aromatic N) is 2. The van der Waals surface area contributed by atoms with Gasteiger partial charge in [0.25, 0.3) is 5.91 Å². The van der Waals surface area contributed by atoms with E-state index in [0.29, 0.717) is 23.1 Å². The van der Waals surface area contributed by atoms with Gasteiger partial charge in [-0.25, -0.2) is 0 Å². The fourth-order valence-electron chi connectivity index (χ4n) is 2.67. The molecule has 1 unspecified atom stereocenters. The summed E-state index contributed by atoms with van der Waals surface area (Å²) >= 11 is 3.18. The summed E-state index contributed by atoms with van der Waals surface area (Å²) < 4.78 is 1.84. The average molecular weight is 339 g/mol. The minimum Gasteiger partial charge on any atom is -0.387 e. The topological polar surface area (TPSA) is 67.2 Å². The highest BCUT2D eigenvalue weighted by Gasteiger charge is 2.32. The molecule has 1 atom stereocenters. The maximum Gasteiger partial charge on any atom is 0.261 e. The number of nitrogens with one attached hydrogen (secondary N) is 1. The Kier molecular flexibility index (Phi) is 4.22. The van der Waals surface area contributed by atoms with Gasteiger partial charge in [0.1, 0.15) is 4.83 Å². The Balaban J connectivity index is 1.78. The SMILES string of the molecule is CC(C)c1nn(C)c2sc(C(=O)NCC3(O)CCSC3)cc12. The Morgan fingerprint density at radius 2 is 2.36 bits per heavy atom. The van der Waals surface area contributed by atoms with Crippen LogP contribution in [0.5, 0.6) is 0 Å². The van der Waals surface area contributed by atoms with Crippen molar-refractivity contribution in [1.29, 1.82) is 0 Å². The zero-order valence-electron chi connectivity index (χ0n) is 13.0. The molecule has 1 fully saturated rings. The summed E-state index contributed by atoms with van der Waals surface area (Å²) in [5, 5.41) is 18.8. The van der Waals surface area contributed by atoms with E-state index in [4.69, 9.17) is 0 Å². The monoisotopic (exact) mass is 339 g/mol. The molecule has 0 aromatic carbocycles. The molecular weight excluding hydrogens is 318 g/mol. The van der Waals surface area contributed by atoms with Crippen molar-refractivity contribution in [3.8, 4) is 0 Å². The fraction of sp³-hybridized carbons (Fsp3) is 0.600. The number of aliphatic hydroxyl groups is 1. The lowest BCUT2D eigenvalue weighted by atomic mass is 10.0. The van der Waals surface area contributed by atoms with Crippen LogP contribution in [0.3, 0.4) is 0 Å². The van der Waals surface area contributed by atoms with Crippen molar-refractivity contribution >= 4 is 39.2 Å². The minimum atomic E-state index is -0.748. The largest absolute Gasteiger partial charge is 0.387 e. The Morgan fingerprint density at radius 3 is 3.00 bits per heavy atom. The maximum absolute atomic E-state index is 12.4. The quantitative estimate of drug-likeness (QED) is 0.897. The molecular formula is C15H21N3O2S2. The second kappa shape index (κ2) is 5.86. The van der Waals surface area contributed by atoms with Crippen molar-refractivity contribution in [2.24, 2.45) is 7.05 Å².